The number of aromatic nitrogens is 4. The maximum Gasteiger partial charge on any atom is 0.263 e. The van der Waals surface area contributed by atoms with E-state index in [1.54, 1.807) is 30.5 Å². The summed E-state index contributed by atoms with van der Waals surface area (Å²) in [6.07, 6.45) is 1.96. The lowest BCUT2D eigenvalue weighted by molar-refractivity contribution is -0.119. The first kappa shape index (κ1) is 23.5. The molecule has 13 heteroatoms. The molecule has 1 saturated heterocycles. The van der Waals surface area contributed by atoms with E-state index in [0.717, 1.165) is 0 Å². The number of anilines is 1. The number of nitriles is 1. The van der Waals surface area contributed by atoms with Gasteiger partial charge in [-0.3, -0.25) is 14.6 Å². The number of nitrogens with zero attached hydrogens (tertiary/aromatic N) is 4. The zero-order valence-corrected chi connectivity index (χ0v) is 20.1. The molecule has 3 heterocycles. The smallest absolute Gasteiger partial charge is 0.263 e. The molecule has 182 valence electrons. The first-order valence-corrected chi connectivity index (χ1v) is 12.6. The number of amides is 1. The standard InChI is InChI=1S/C23H18ClN7O4S/c24-16-4-1-15(9-25)19(8-16)36(33,34)31-17-5-2-14(3-6-17)21-28-22-18(11-27-30-22)23(29-21)35-12-13-7-20(32)26-10-13/h1-6,8,11,13,31H,7,10,12H2,(H,26,32)(H,27,28,29,30). The van der Waals surface area contributed by atoms with Crippen LogP contribution in [0.2, 0.25) is 5.02 Å². The summed E-state index contributed by atoms with van der Waals surface area (Å²) in [5.41, 5.74) is 1.35. The average Bonchev–Trinajstić information content (AvgIpc) is 3.51. The number of H-pyrrole nitrogens is 1. The van der Waals surface area contributed by atoms with Crippen LogP contribution in [0.15, 0.2) is 53.6 Å². The van der Waals surface area contributed by atoms with Crippen molar-refractivity contribution in [1.82, 2.24) is 25.5 Å². The first-order valence-electron chi connectivity index (χ1n) is 10.8. The van der Waals surface area contributed by atoms with Gasteiger partial charge in [0.25, 0.3) is 10.0 Å². The average molecular weight is 524 g/mol. The Hall–Kier alpha value is -4.21. The van der Waals surface area contributed by atoms with Gasteiger partial charge in [-0.05, 0) is 42.5 Å². The van der Waals surface area contributed by atoms with Crippen molar-refractivity contribution in [2.75, 3.05) is 17.9 Å². The number of nitrogens with one attached hydrogen (secondary N) is 3. The highest BCUT2D eigenvalue weighted by Crippen LogP contribution is 2.28. The Labute approximate surface area is 210 Å². The van der Waals surface area contributed by atoms with Gasteiger partial charge in [0.15, 0.2) is 11.5 Å². The molecule has 0 saturated carbocycles. The van der Waals surface area contributed by atoms with E-state index in [9.17, 15) is 18.5 Å². The quantitative estimate of drug-likeness (QED) is 0.333. The van der Waals surface area contributed by atoms with Crippen LogP contribution in [0.5, 0.6) is 5.88 Å². The SMILES string of the molecule is N#Cc1ccc(Cl)cc1S(=O)(=O)Nc1ccc(-c2nc(OCC3CNC(=O)C3)c3cn[nH]c3n2)cc1. The van der Waals surface area contributed by atoms with Gasteiger partial charge in [0, 0.05) is 35.2 Å². The van der Waals surface area contributed by atoms with Gasteiger partial charge in [0.1, 0.15) is 16.4 Å². The van der Waals surface area contributed by atoms with Crippen molar-refractivity contribution < 1.29 is 17.9 Å². The van der Waals surface area contributed by atoms with Crippen LogP contribution >= 0.6 is 11.6 Å². The third-order valence-corrected chi connectivity index (χ3v) is 7.20. The Morgan fingerprint density at radius 2 is 2.00 bits per heavy atom. The second-order valence-corrected chi connectivity index (χ2v) is 10.2. The molecule has 36 heavy (non-hydrogen) atoms. The maximum absolute atomic E-state index is 12.9. The third-order valence-electron chi connectivity index (χ3n) is 5.54. The molecule has 3 N–H and O–H groups in total. The van der Waals surface area contributed by atoms with Crippen LogP contribution in [-0.2, 0) is 14.8 Å². The number of fused-ring (bicyclic) bond motifs is 1. The monoisotopic (exact) mass is 523 g/mol. The lowest BCUT2D eigenvalue weighted by Gasteiger charge is -2.12. The lowest BCUT2D eigenvalue weighted by atomic mass is 10.1. The number of carbonyl (C=O) groups is 1. The molecule has 4 aromatic rings. The molecular weight excluding hydrogens is 506 g/mol. The highest BCUT2D eigenvalue weighted by Gasteiger charge is 2.23. The number of hydrogen-bond donors (Lipinski definition) is 3. The van der Waals surface area contributed by atoms with Crippen molar-refractivity contribution in [3.8, 4) is 23.3 Å². The van der Waals surface area contributed by atoms with Gasteiger partial charge < -0.3 is 10.1 Å². The van der Waals surface area contributed by atoms with Crippen LogP contribution in [0.1, 0.15) is 12.0 Å². The van der Waals surface area contributed by atoms with Gasteiger partial charge >= 0.3 is 0 Å². The van der Waals surface area contributed by atoms with E-state index >= 15 is 0 Å². The minimum atomic E-state index is -4.05. The number of benzene rings is 2. The fraction of sp³-hybridized carbons (Fsp3) is 0.174. The van der Waals surface area contributed by atoms with Crippen LogP contribution in [0.3, 0.4) is 0 Å². The van der Waals surface area contributed by atoms with Gasteiger partial charge in [-0.2, -0.15) is 15.3 Å². The van der Waals surface area contributed by atoms with Crippen molar-refractivity contribution >= 4 is 44.3 Å². The van der Waals surface area contributed by atoms with E-state index in [-0.39, 0.29) is 33.0 Å². The van der Waals surface area contributed by atoms with Crippen LogP contribution in [0.4, 0.5) is 5.69 Å². The van der Waals surface area contributed by atoms with E-state index in [1.165, 1.54) is 18.2 Å². The van der Waals surface area contributed by atoms with E-state index < -0.39 is 10.0 Å². The highest BCUT2D eigenvalue weighted by atomic mass is 35.5. The Morgan fingerprint density at radius 3 is 2.72 bits per heavy atom. The molecule has 1 fully saturated rings. The number of sulfonamides is 1. The summed E-state index contributed by atoms with van der Waals surface area (Å²) < 4.78 is 34.1. The fourth-order valence-electron chi connectivity index (χ4n) is 3.74. The molecule has 1 atom stereocenters. The molecule has 2 aromatic carbocycles. The molecule has 1 amide bonds. The summed E-state index contributed by atoms with van der Waals surface area (Å²) in [5, 5.41) is 19.7. The Kier molecular flexibility index (Phi) is 6.17. The van der Waals surface area contributed by atoms with E-state index in [4.69, 9.17) is 16.3 Å². The van der Waals surface area contributed by atoms with E-state index in [2.05, 4.69) is 30.2 Å². The van der Waals surface area contributed by atoms with Gasteiger partial charge in [-0.15, -0.1) is 0 Å². The number of carbonyl (C=O) groups excluding carboxylic acids is 1. The van der Waals surface area contributed by atoms with Gasteiger partial charge in [0.05, 0.1) is 18.4 Å². The first-order chi connectivity index (χ1) is 17.3. The molecule has 0 bridgehead atoms. The molecule has 1 aliphatic heterocycles. The summed E-state index contributed by atoms with van der Waals surface area (Å²) >= 11 is 5.93. The Bertz CT molecular complexity index is 1610. The second-order valence-electron chi connectivity index (χ2n) is 8.11. The molecule has 2 aromatic heterocycles. The predicted octanol–water partition coefficient (Wildman–Crippen LogP) is 2.86. The summed E-state index contributed by atoms with van der Waals surface area (Å²) in [6.45, 7) is 0.859. The number of halogens is 1. The Balaban J connectivity index is 1.38. The Morgan fingerprint density at radius 1 is 1.19 bits per heavy atom. The normalized spacial score (nSPS) is 15.4. The second kappa shape index (κ2) is 9.44. The largest absolute Gasteiger partial charge is 0.477 e. The molecule has 0 spiro atoms. The molecule has 0 radical (unpaired) electrons. The summed E-state index contributed by atoms with van der Waals surface area (Å²) in [6, 6.07) is 12.3. The third kappa shape index (κ3) is 4.79. The van der Waals surface area contributed by atoms with Gasteiger partial charge in [0.2, 0.25) is 11.8 Å². The number of ether oxygens (including phenoxy) is 1. The van der Waals surface area contributed by atoms with Crippen molar-refractivity contribution in [1.29, 1.82) is 5.26 Å². The lowest BCUT2D eigenvalue weighted by Crippen LogP contribution is -2.17. The zero-order chi connectivity index (χ0) is 25.3. The van der Waals surface area contributed by atoms with Crippen molar-refractivity contribution in [3.63, 3.8) is 0 Å². The highest BCUT2D eigenvalue weighted by molar-refractivity contribution is 7.92. The molecule has 1 aliphatic rings. The van der Waals surface area contributed by atoms with Crippen molar-refractivity contribution in [2.45, 2.75) is 11.3 Å². The zero-order valence-electron chi connectivity index (χ0n) is 18.5. The molecule has 1 unspecified atom stereocenters. The molecule has 0 aliphatic carbocycles. The molecule has 5 rings (SSSR count). The number of hydrogen-bond acceptors (Lipinski definition) is 8. The van der Waals surface area contributed by atoms with Crippen LogP contribution in [0.25, 0.3) is 22.4 Å². The predicted molar refractivity (Wildman–Crippen MR) is 131 cm³/mol. The maximum atomic E-state index is 12.9. The fourth-order valence-corrected chi connectivity index (χ4v) is 5.21. The van der Waals surface area contributed by atoms with E-state index in [0.29, 0.717) is 47.9 Å². The van der Waals surface area contributed by atoms with Crippen molar-refractivity contribution in [3.05, 3.63) is 59.2 Å². The van der Waals surface area contributed by atoms with Crippen LogP contribution in [-0.4, -0.2) is 47.6 Å². The van der Waals surface area contributed by atoms with Gasteiger partial charge in [-0.25, -0.2) is 13.4 Å². The van der Waals surface area contributed by atoms with Gasteiger partial charge in [-0.1, -0.05) is 11.6 Å². The number of rotatable bonds is 7. The summed E-state index contributed by atoms with van der Waals surface area (Å²) in [7, 11) is -4.05. The summed E-state index contributed by atoms with van der Waals surface area (Å²) in [5.74, 6) is 0.720. The number of aromatic amines is 1. The molecule has 11 nitrogen and oxygen atoms in total. The van der Waals surface area contributed by atoms with Crippen LogP contribution in [0, 0.1) is 17.2 Å². The van der Waals surface area contributed by atoms with Crippen LogP contribution < -0.4 is 14.8 Å². The van der Waals surface area contributed by atoms with E-state index in [1.807, 2.05) is 6.07 Å². The minimum Gasteiger partial charge on any atom is -0.477 e. The minimum absolute atomic E-state index is 0.00430. The van der Waals surface area contributed by atoms with Crippen molar-refractivity contribution in [2.24, 2.45) is 5.92 Å². The topological polar surface area (TPSA) is 163 Å². The summed E-state index contributed by atoms with van der Waals surface area (Å²) in [4.78, 5) is 20.2. The molecular formula is C23H18ClN7O4S.